The number of aromatic nitrogens is 3. The van der Waals surface area contributed by atoms with Crippen molar-refractivity contribution >= 4 is 22.6 Å². The molecule has 25 heavy (non-hydrogen) atoms. The normalized spacial score (nSPS) is 15.8. The number of nitrogens with one attached hydrogen (secondary N) is 2. The van der Waals surface area contributed by atoms with Gasteiger partial charge in [0.2, 0.25) is 5.91 Å². The molecule has 6 nitrogen and oxygen atoms in total. The number of fused-ring (bicyclic) bond motifs is 1. The van der Waals surface area contributed by atoms with E-state index < -0.39 is 5.41 Å². The summed E-state index contributed by atoms with van der Waals surface area (Å²) in [6.45, 7) is 0. The fourth-order valence-electron chi connectivity index (χ4n) is 3.38. The van der Waals surface area contributed by atoms with Crippen LogP contribution in [-0.2, 0) is 4.79 Å². The molecule has 0 aromatic carbocycles. The Labute approximate surface area is 144 Å². The molecular weight excluding hydrogens is 314 g/mol. The van der Waals surface area contributed by atoms with Gasteiger partial charge in [0, 0.05) is 35.1 Å². The van der Waals surface area contributed by atoms with Gasteiger partial charge in [-0.05, 0) is 31.0 Å². The standard InChI is InChI=1S/C19H17N5O/c20-12-19(4-1-2-5-19)18(25)24-16-8-15(9-21-11-16)14-7-13-3-6-22-17(13)23-10-14/h3,6-11H,1-2,4-5H2,(H,22,23)(H,24,25). The second-order valence-electron chi connectivity index (χ2n) is 6.46. The van der Waals surface area contributed by atoms with Crippen LogP contribution in [0.2, 0.25) is 0 Å². The average molecular weight is 331 g/mol. The van der Waals surface area contributed by atoms with Crippen molar-refractivity contribution in [2.75, 3.05) is 5.32 Å². The van der Waals surface area contributed by atoms with E-state index in [0.29, 0.717) is 18.5 Å². The number of anilines is 1. The first-order valence-electron chi connectivity index (χ1n) is 8.31. The highest BCUT2D eigenvalue weighted by Gasteiger charge is 2.41. The monoisotopic (exact) mass is 331 g/mol. The van der Waals surface area contributed by atoms with Crippen LogP contribution in [0.5, 0.6) is 0 Å². The molecule has 6 heteroatoms. The van der Waals surface area contributed by atoms with E-state index in [4.69, 9.17) is 0 Å². The Morgan fingerprint density at radius 3 is 2.80 bits per heavy atom. The van der Waals surface area contributed by atoms with E-state index in [1.165, 1.54) is 0 Å². The summed E-state index contributed by atoms with van der Waals surface area (Å²) in [7, 11) is 0. The van der Waals surface area contributed by atoms with Crippen molar-refractivity contribution in [1.82, 2.24) is 15.0 Å². The zero-order valence-electron chi connectivity index (χ0n) is 13.6. The third-order valence-corrected chi connectivity index (χ3v) is 4.84. The fraction of sp³-hybridized carbons (Fsp3) is 0.263. The first-order valence-corrected chi connectivity index (χ1v) is 8.31. The molecule has 0 unspecified atom stereocenters. The van der Waals surface area contributed by atoms with Crippen LogP contribution in [0.4, 0.5) is 5.69 Å². The summed E-state index contributed by atoms with van der Waals surface area (Å²) in [4.78, 5) is 24.2. The summed E-state index contributed by atoms with van der Waals surface area (Å²) in [5, 5.41) is 13.3. The van der Waals surface area contributed by atoms with E-state index in [9.17, 15) is 10.1 Å². The predicted octanol–water partition coefficient (Wildman–Crippen LogP) is 3.65. The molecule has 1 amide bonds. The lowest BCUT2D eigenvalue weighted by Crippen LogP contribution is -2.32. The van der Waals surface area contributed by atoms with Gasteiger partial charge in [-0.3, -0.25) is 9.78 Å². The van der Waals surface area contributed by atoms with Gasteiger partial charge in [-0.15, -0.1) is 0 Å². The van der Waals surface area contributed by atoms with Crippen molar-refractivity contribution < 1.29 is 4.79 Å². The van der Waals surface area contributed by atoms with Crippen molar-refractivity contribution in [3.63, 3.8) is 0 Å². The number of rotatable bonds is 3. The third kappa shape index (κ3) is 2.74. The highest BCUT2D eigenvalue weighted by molar-refractivity contribution is 5.97. The molecule has 1 aliphatic carbocycles. The van der Waals surface area contributed by atoms with E-state index in [0.717, 1.165) is 35.0 Å². The fourth-order valence-corrected chi connectivity index (χ4v) is 3.38. The first kappa shape index (κ1) is 15.3. The maximum Gasteiger partial charge on any atom is 0.244 e. The molecule has 0 saturated heterocycles. The largest absolute Gasteiger partial charge is 0.346 e. The van der Waals surface area contributed by atoms with Crippen molar-refractivity contribution in [2.24, 2.45) is 5.41 Å². The number of nitrogens with zero attached hydrogens (tertiary/aromatic N) is 3. The van der Waals surface area contributed by atoms with E-state index in [1.54, 1.807) is 18.6 Å². The molecule has 1 saturated carbocycles. The molecule has 3 aromatic rings. The van der Waals surface area contributed by atoms with Gasteiger partial charge in [-0.2, -0.15) is 5.26 Å². The summed E-state index contributed by atoms with van der Waals surface area (Å²) in [5.41, 5.74) is 2.32. The van der Waals surface area contributed by atoms with Gasteiger partial charge in [-0.1, -0.05) is 12.8 Å². The molecule has 124 valence electrons. The van der Waals surface area contributed by atoms with E-state index >= 15 is 0 Å². The van der Waals surface area contributed by atoms with E-state index in [-0.39, 0.29) is 5.91 Å². The van der Waals surface area contributed by atoms with Gasteiger partial charge in [0.25, 0.3) is 0 Å². The molecule has 3 aromatic heterocycles. The van der Waals surface area contributed by atoms with Crippen molar-refractivity contribution in [3.8, 4) is 17.2 Å². The molecule has 1 fully saturated rings. The number of aromatic amines is 1. The second-order valence-corrected chi connectivity index (χ2v) is 6.46. The van der Waals surface area contributed by atoms with Crippen LogP contribution in [0.25, 0.3) is 22.2 Å². The summed E-state index contributed by atoms with van der Waals surface area (Å²) in [6.07, 6.45) is 10.0. The maximum atomic E-state index is 12.6. The highest BCUT2D eigenvalue weighted by Crippen LogP contribution is 2.38. The van der Waals surface area contributed by atoms with Crippen LogP contribution < -0.4 is 5.32 Å². The van der Waals surface area contributed by atoms with Crippen molar-refractivity contribution in [3.05, 3.63) is 43.0 Å². The van der Waals surface area contributed by atoms with Crippen LogP contribution >= 0.6 is 0 Å². The molecule has 0 bridgehead atoms. The number of H-pyrrole nitrogens is 1. The Morgan fingerprint density at radius 2 is 2.00 bits per heavy atom. The number of amides is 1. The average Bonchev–Trinajstić information content (AvgIpc) is 3.31. The van der Waals surface area contributed by atoms with Gasteiger partial charge in [0.05, 0.1) is 18.0 Å². The maximum absolute atomic E-state index is 12.6. The zero-order valence-corrected chi connectivity index (χ0v) is 13.6. The lowest BCUT2D eigenvalue weighted by atomic mass is 9.87. The predicted molar refractivity (Wildman–Crippen MR) is 94.5 cm³/mol. The summed E-state index contributed by atoms with van der Waals surface area (Å²) in [6, 6.07) is 8.06. The van der Waals surface area contributed by atoms with Crippen LogP contribution in [0.1, 0.15) is 25.7 Å². The van der Waals surface area contributed by atoms with Crippen molar-refractivity contribution in [2.45, 2.75) is 25.7 Å². The summed E-state index contributed by atoms with van der Waals surface area (Å²) in [5.74, 6) is -0.231. The molecular formula is C19H17N5O. The van der Waals surface area contributed by atoms with Gasteiger partial charge < -0.3 is 10.3 Å². The minimum absolute atomic E-state index is 0.231. The number of carbonyl (C=O) groups is 1. The number of pyridine rings is 2. The molecule has 0 radical (unpaired) electrons. The topological polar surface area (TPSA) is 94.5 Å². The highest BCUT2D eigenvalue weighted by atomic mass is 16.2. The molecule has 1 aliphatic rings. The molecule has 0 atom stereocenters. The minimum Gasteiger partial charge on any atom is -0.346 e. The van der Waals surface area contributed by atoms with Gasteiger partial charge in [0.1, 0.15) is 11.1 Å². The lowest BCUT2D eigenvalue weighted by Gasteiger charge is -2.19. The number of carbonyl (C=O) groups excluding carboxylic acids is 1. The number of nitriles is 1. The Hall–Kier alpha value is -3.20. The summed E-state index contributed by atoms with van der Waals surface area (Å²) >= 11 is 0. The first-order chi connectivity index (χ1) is 12.2. The second kappa shape index (κ2) is 6.02. The number of hydrogen-bond acceptors (Lipinski definition) is 4. The van der Waals surface area contributed by atoms with Crippen LogP contribution in [0, 0.1) is 16.7 Å². The molecule has 4 rings (SSSR count). The van der Waals surface area contributed by atoms with E-state index in [1.807, 2.05) is 24.4 Å². The Kier molecular flexibility index (Phi) is 3.69. The van der Waals surface area contributed by atoms with Crippen LogP contribution in [-0.4, -0.2) is 20.9 Å². The Morgan fingerprint density at radius 1 is 1.20 bits per heavy atom. The third-order valence-electron chi connectivity index (χ3n) is 4.84. The molecule has 0 spiro atoms. The van der Waals surface area contributed by atoms with Gasteiger partial charge in [0.15, 0.2) is 0 Å². The SMILES string of the molecule is N#CC1(C(=O)Nc2cncc(-c3cnc4[nH]ccc4c3)c2)CCCC1. The quantitative estimate of drug-likeness (QED) is 0.766. The minimum atomic E-state index is -0.901. The molecule has 3 heterocycles. The van der Waals surface area contributed by atoms with Crippen molar-refractivity contribution in [1.29, 1.82) is 5.26 Å². The van der Waals surface area contributed by atoms with E-state index in [2.05, 4.69) is 26.3 Å². The van der Waals surface area contributed by atoms with Gasteiger partial charge in [-0.25, -0.2) is 4.98 Å². The lowest BCUT2D eigenvalue weighted by molar-refractivity contribution is -0.122. The van der Waals surface area contributed by atoms with Crippen LogP contribution in [0.3, 0.4) is 0 Å². The van der Waals surface area contributed by atoms with Gasteiger partial charge >= 0.3 is 0 Å². The molecule has 2 N–H and O–H groups in total. The summed E-state index contributed by atoms with van der Waals surface area (Å²) < 4.78 is 0. The number of hydrogen-bond donors (Lipinski definition) is 2. The smallest absolute Gasteiger partial charge is 0.244 e. The zero-order chi connectivity index (χ0) is 17.3. The Bertz CT molecular complexity index is 979. The Balaban J connectivity index is 1.61. The van der Waals surface area contributed by atoms with Crippen LogP contribution in [0.15, 0.2) is 43.0 Å². The molecule has 0 aliphatic heterocycles.